The molecule has 2 aromatic carbocycles. The molecule has 0 unspecified atom stereocenters. The van der Waals surface area contributed by atoms with E-state index in [1.54, 1.807) is 24.3 Å². The SMILES string of the molecule is O=C(Nc1ccc(Oc2ccc(CCCCCCl)cc2)nc1)c1ccc(Cl)c(Cl)c1. The van der Waals surface area contributed by atoms with Gasteiger partial charge in [-0.15, -0.1) is 11.6 Å². The Balaban J connectivity index is 1.54. The number of pyridine rings is 1. The summed E-state index contributed by atoms with van der Waals surface area (Å²) in [4.78, 5) is 16.6. The van der Waals surface area contributed by atoms with Crippen molar-refractivity contribution in [2.45, 2.75) is 25.7 Å². The van der Waals surface area contributed by atoms with Crippen molar-refractivity contribution in [3.8, 4) is 11.6 Å². The molecular weight excluding hydrogens is 443 g/mol. The zero-order valence-corrected chi connectivity index (χ0v) is 18.5. The summed E-state index contributed by atoms with van der Waals surface area (Å²) in [5.74, 6) is 1.57. The Morgan fingerprint density at radius 3 is 2.40 bits per heavy atom. The van der Waals surface area contributed by atoms with Crippen molar-refractivity contribution in [2.24, 2.45) is 0 Å². The van der Waals surface area contributed by atoms with Gasteiger partial charge in [-0.05, 0) is 61.2 Å². The second-order valence-electron chi connectivity index (χ2n) is 6.71. The Hall–Kier alpha value is -2.27. The maximum Gasteiger partial charge on any atom is 0.255 e. The molecule has 0 aliphatic carbocycles. The van der Waals surface area contributed by atoms with E-state index in [1.165, 1.54) is 17.8 Å². The molecule has 1 amide bonds. The molecule has 0 atom stereocenters. The number of carbonyl (C=O) groups is 1. The first-order valence-corrected chi connectivity index (χ1v) is 10.9. The number of rotatable bonds is 9. The highest BCUT2D eigenvalue weighted by Gasteiger charge is 2.09. The molecule has 4 nitrogen and oxygen atoms in total. The van der Waals surface area contributed by atoms with Crippen LogP contribution in [0.1, 0.15) is 35.2 Å². The first-order valence-electron chi connectivity index (χ1n) is 9.60. The molecule has 0 fully saturated rings. The highest BCUT2D eigenvalue weighted by atomic mass is 35.5. The van der Waals surface area contributed by atoms with Gasteiger partial charge in [0.05, 0.1) is 21.9 Å². The number of aryl methyl sites for hydroxylation is 1. The third-order valence-electron chi connectivity index (χ3n) is 4.42. The Morgan fingerprint density at radius 1 is 0.933 bits per heavy atom. The molecule has 3 aromatic rings. The van der Waals surface area contributed by atoms with E-state index in [0.29, 0.717) is 32.9 Å². The van der Waals surface area contributed by atoms with E-state index in [4.69, 9.17) is 39.5 Å². The van der Waals surface area contributed by atoms with Gasteiger partial charge in [0.15, 0.2) is 0 Å². The van der Waals surface area contributed by atoms with Gasteiger partial charge in [-0.2, -0.15) is 0 Å². The molecule has 1 heterocycles. The van der Waals surface area contributed by atoms with E-state index in [1.807, 2.05) is 12.1 Å². The number of hydrogen-bond donors (Lipinski definition) is 1. The molecule has 7 heteroatoms. The van der Waals surface area contributed by atoms with Gasteiger partial charge in [0.1, 0.15) is 5.75 Å². The van der Waals surface area contributed by atoms with Crippen LogP contribution in [-0.4, -0.2) is 16.8 Å². The summed E-state index contributed by atoms with van der Waals surface area (Å²) >= 11 is 17.5. The number of hydrogen-bond acceptors (Lipinski definition) is 3. The normalized spacial score (nSPS) is 10.6. The molecule has 1 N–H and O–H groups in total. The molecule has 0 radical (unpaired) electrons. The quantitative estimate of drug-likeness (QED) is 0.266. The number of anilines is 1. The second-order valence-corrected chi connectivity index (χ2v) is 7.91. The summed E-state index contributed by atoms with van der Waals surface area (Å²) < 4.78 is 5.78. The molecular formula is C23H21Cl3N2O2. The second kappa shape index (κ2) is 11.2. The van der Waals surface area contributed by atoms with E-state index in [0.717, 1.165) is 31.6 Å². The number of benzene rings is 2. The third kappa shape index (κ3) is 6.63. The van der Waals surface area contributed by atoms with Gasteiger partial charge in [-0.1, -0.05) is 41.8 Å². The minimum atomic E-state index is -0.300. The lowest BCUT2D eigenvalue weighted by atomic mass is 10.1. The number of aromatic nitrogens is 1. The minimum Gasteiger partial charge on any atom is -0.439 e. The number of nitrogens with zero attached hydrogens (tertiary/aromatic N) is 1. The van der Waals surface area contributed by atoms with Crippen molar-refractivity contribution in [2.75, 3.05) is 11.2 Å². The summed E-state index contributed by atoms with van der Waals surface area (Å²) in [6, 6.07) is 16.1. The standard InChI is InChI=1S/C23H21Cl3N2O2/c24-13-3-1-2-4-16-5-9-19(10-6-16)30-22-12-8-18(15-27-22)28-23(29)17-7-11-20(25)21(26)14-17/h5-12,14-15H,1-4,13H2,(H,28,29). The molecule has 0 aliphatic heterocycles. The number of ether oxygens (including phenoxy) is 1. The molecule has 0 bridgehead atoms. The van der Waals surface area contributed by atoms with Crippen LogP contribution in [0, 0.1) is 0 Å². The molecule has 0 aliphatic rings. The third-order valence-corrected chi connectivity index (χ3v) is 5.43. The van der Waals surface area contributed by atoms with Crippen molar-refractivity contribution in [3.05, 3.63) is 82.0 Å². The van der Waals surface area contributed by atoms with Crippen molar-refractivity contribution >= 4 is 46.4 Å². The van der Waals surface area contributed by atoms with Crippen LogP contribution in [0.4, 0.5) is 5.69 Å². The summed E-state index contributed by atoms with van der Waals surface area (Å²) in [5.41, 5.74) is 2.23. The number of halogens is 3. The Labute approximate surface area is 191 Å². The van der Waals surface area contributed by atoms with Gasteiger partial charge in [0, 0.05) is 17.5 Å². The fraction of sp³-hybridized carbons (Fsp3) is 0.217. The van der Waals surface area contributed by atoms with Crippen LogP contribution >= 0.6 is 34.8 Å². The first kappa shape index (κ1) is 22.4. The van der Waals surface area contributed by atoms with Gasteiger partial charge in [0.2, 0.25) is 5.88 Å². The van der Waals surface area contributed by atoms with Gasteiger partial charge in [0.25, 0.3) is 5.91 Å². The monoisotopic (exact) mass is 462 g/mol. The highest BCUT2D eigenvalue weighted by molar-refractivity contribution is 6.42. The van der Waals surface area contributed by atoms with E-state index in [2.05, 4.69) is 22.4 Å². The van der Waals surface area contributed by atoms with Gasteiger partial charge in [-0.25, -0.2) is 4.98 Å². The van der Waals surface area contributed by atoms with Crippen molar-refractivity contribution < 1.29 is 9.53 Å². The molecule has 30 heavy (non-hydrogen) atoms. The lowest BCUT2D eigenvalue weighted by Crippen LogP contribution is -2.12. The lowest BCUT2D eigenvalue weighted by molar-refractivity contribution is 0.102. The molecule has 1 aromatic heterocycles. The summed E-state index contributed by atoms with van der Waals surface area (Å²) in [5, 5.41) is 3.49. The predicted molar refractivity (Wildman–Crippen MR) is 123 cm³/mol. The number of alkyl halides is 1. The molecule has 156 valence electrons. The number of carbonyl (C=O) groups excluding carboxylic acids is 1. The van der Waals surface area contributed by atoms with Crippen LogP contribution in [0.2, 0.25) is 10.0 Å². The average molecular weight is 464 g/mol. The first-order chi connectivity index (χ1) is 14.5. The molecule has 0 saturated carbocycles. The van der Waals surface area contributed by atoms with Gasteiger partial charge in [-0.3, -0.25) is 4.79 Å². The lowest BCUT2D eigenvalue weighted by Gasteiger charge is -2.08. The maximum atomic E-state index is 12.3. The van der Waals surface area contributed by atoms with E-state index in [9.17, 15) is 4.79 Å². The van der Waals surface area contributed by atoms with Crippen LogP contribution in [0.15, 0.2) is 60.8 Å². The summed E-state index contributed by atoms with van der Waals surface area (Å²) in [7, 11) is 0. The van der Waals surface area contributed by atoms with Crippen molar-refractivity contribution in [1.29, 1.82) is 0 Å². The zero-order chi connectivity index (χ0) is 21.3. The van der Waals surface area contributed by atoms with E-state index < -0.39 is 0 Å². The van der Waals surface area contributed by atoms with Crippen LogP contribution in [0.3, 0.4) is 0 Å². The van der Waals surface area contributed by atoms with Gasteiger partial charge < -0.3 is 10.1 Å². The number of amides is 1. The molecule has 3 rings (SSSR count). The van der Waals surface area contributed by atoms with E-state index >= 15 is 0 Å². The minimum absolute atomic E-state index is 0.300. The van der Waals surface area contributed by atoms with Crippen molar-refractivity contribution in [1.82, 2.24) is 4.98 Å². The number of nitrogens with one attached hydrogen (secondary N) is 1. The van der Waals surface area contributed by atoms with Crippen LogP contribution in [0.25, 0.3) is 0 Å². The Kier molecular flexibility index (Phi) is 8.38. The zero-order valence-electron chi connectivity index (χ0n) is 16.2. The maximum absolute atomic E-state index is 12.3. The Morgan fingerprint density at radius 2 is 1.73 bits per heavy atom. The van der Waals surface area contributed by atoms with Gasteiger partial charge >= 0.3 is 0 Å². The molecule has 0 spiro atoms. The van der Waals surface area contributed by atoms with E-state index in [-0.39, 0.29) is 5.91 Å². The van der Waals surface area contributed by atoms with Crippen LogP contribution < -0.4 is 10.1 Å². The van der Waals surface area contributed by atoms with Crippen LogP contribution in [-0.2, 0) is 6.42 Å². The highest BCUT2D eigenvalue weighted by Crippen LogP contribution is 2.24. The smallest absolute Gasteiger partial charge is 0.255 e. The Bertz CT molecular complexity index is 977. The van der Waals surface area contributed by atoms with Crippen LogP contribution in [0.5, 0.6) is 11.6 Å². The average Bonchev–Trinajstić information content (AvgIpc) is 2.75. The summed E-state index contributed by atoms with van der Waals surface area (Å²) in [6.45, 7) is 0. The summed E-state index contributed by atoms with van der Waals surface area (Å²) in [6.07, 6.45) is 5.89. The fourth-order valence-electron chi connectivity index (χ4n) is 2.80. The molecule has 0 saturated heterocycles. The predicted octanol–water partition coefficient (Wildman–Crippen LogP) is 7.38. The number of unbranched alkanes of at least 4 members (excludes halogenated alkanes) is 2. The fourth-order valence-corrected chi connectivity index (χ4v) is 3.29. The topological polar surface area (TPSA) is 51.2 Å². The largest absolute Gasteiger partial charge is 0.439 e. The van der Waals surface area contributed by atoms with Crippen molar-refractivity contribution in [3.63, 3.8) is 0 Å².